The highest BCUT2D eigenvalue weighted by molar-refractivity contribution is 5.98. The summed E-state index contributed by atoms with van der Waals surface area (Å²) in [5.74, 6) is -1.69. The van der Waals surface area contributed by atoms with Gasteiger partial charge in [0.25, 0.3) is 0 Å². The van der Waals surface area contributed by atoms with Crippen molar-refractivity contribution in [3.63, 3.8) is 0 Å². The Balaban J connectivity index is 2.32. The highest BCUT2D eigenvalue weighted by Gasteiger charge is 2.23. The van der Waals surface area contributed by atoms with Crippen LogP contribution in [0.3, 0.4) is 0 Å². The molecule has 3 rings (SSSR count). The Kier molecular flexibility index (Phi) is 5.29. The third-order valence-corrected chi connectivity index (χ3v) is 5.08. The van der Waals surface area contributed by atoms with E-state index in [1.54, 1.807) is 0 Å². The number of phenolic OH excluding ortho intramolecular Hbond substituents is 4. The standard InChI is InChI=1S/C23H24O6/c1-11(2)5-6-13(12(3)4)9-15-17(25)10-18(26)19-20(27)14-7-8-16(24)21(28)23(14)29-22(15)19/h5,7-8,10,13,24-26,28H,3,6,9H2,1-2,4H3. The largest absolute Gasteiger partial charge is 0.507 e. The van der Waals surface area contributed by atoms with Gasteiger partial charge in [-0.25, -0.2) is 0 Å². The van der Waals surface area contributed by atoms with Crippen molar-refractivity contribution < 1.29 is 24.8 Å². The van der Waals surface area contributed by atoms with Gasteiger partial charge < -0.3 is 24.8 Å². The lowest BCUT2D eigenvalue weighted by Gasteiger charge is -2.18. The van der Waals surface area contributed by atoms with E-state index in [9.17, 15) is 25.2 Å². The van der Waals surface area contributed by atoms with E-state index in [0.717, 1.165) is 17.2 Å². The molecule has 0 saturated heterocycles. The maximum Gasteiger partial charge on any atom is 0.204 e. The van der Waals surface area contributed by atoms with Crippen molar-refractivity contribution in [1.29, 1.82) is 0 Å². The third kappa shape index (κ3) is 3.66. The number of benzene rings is 2. The number of phenols is 4. The van der Waals surface area contributed by atoms with E-state index in [-0.39, 0.29) is 33.6 Å². The summed E-state index contributed by atoms with van der Waals surface area (Å²) in [6.45, 7) is 9.89. The number of hydrogen-bond acceptors (Lipinski definition) is 6. The summed E-state index contributed by atoms with van der Waals surface area (Å²) in [5, 5.41) is 40.7. The molecule has 29 heavy (non-hydrogen) atoms. The van der Waals surface area contributed by atoms with Crippen molar-refractivity contribution in [3.8, 4) is 23.0 Å². The van der Waals surface area contributed by atoms with Gasteiger partial charge in [0.05, 0.1) is 5.39 Å². The minimum absolute atomic E-state index is 0.0146. The van der Waals surface area contributed by atoms with Crippen LogP contribution in [-0.2, 0) is 6.42 Å². The van der Waals surface area contributed by atoms with Crippen LogP contribution >= 0.6 is 0 Å². The first-order valence-corrected chi connectivity index (χ1v) is 9.25. The Hall–Kier alpha value is -3.41. The van der Waals surface area contributed by atoms with E-state index in [2.05, 4.69) is 12.7 Å². The molecular weight excluding hydrogens is 372 g/mol. The summed E-state index contributed by atoms with van der Waals surface area (Å²) in [4.78, 5) is 12.9. The normalized spacial score (nSPS) is 12.2. The van der Waals surface area contributed by atoms with Crippen LogP contribution in [0.1, 0.15) is 32.8 Å². The fourth-order valence-electron chi connectivity index (χ4n) is 3.36. The molecule has 0 saturated carbocycles. The van der Waals surface area contributed by atoms with Crippen LogP contribution in [0.25, 0.3) is 21.9 Å². The van der Waals surface area contributed by atoms with Gasteiger partial charge in [0.2, 0.25) is 11.2 Å². The molecule has 1 unspecified atom stereocenters. The molecule has 4 N–H and O–H groups in total. The van der Waals surface area contributed by atoms with Crippen molar-refractivity contribution in [2.24, 2.45) is 5.92 Å². The Bertz CT molecular complexity index is 1210. The molecule has 0 aliphatic rings. The van der Waals surface area contributed by atoms with Crippen LogP contribution in [-0.4, -0.2) is 20.4 Å². The first-order chi connectivity index (χ1) is 13.6. The second-order valence-corrected chi connectivity index (χ2v) is 7.60. The average molecular weight is 396 g/mol. The van der Waals surface area contributed by atoms with Gasteiger partial charge in [-0.3, -0.25) is 4.79 Å². The lowest BCUT2D eigenvalue weighted by atomic mass is 9.88. The van der Waals surface area contributed by atoms with Gasteiger partial charge in [0.1, 0.15) is 22.5 Å². The summed E-state index contributed by atoms with van der Waals surface area (Å²) < 4.78 is 5.76. The van der Waals surface area contributed by atoms with Gasteiger partial charge in [-0.1, -0.05) is 23.8 Å². The molecule has 0 radical (unpaired) electrons. The SMILES string of the molecule is C=C(C)C(CC=C(C)C)Cc1c(O)cc(O)c2c(=O)c3ccc(O)c(O)c3oc12. The van der Waals surface area contributed by atoms with Crippen molar-refractivity contribution >= 4 is 21.9 Å². The van der Waals surface area contributed by atoms with Gasteiger partial charge in [-0.2, -0.15) is 0 Å². The van der Waals surface area contributed by atoms with Crippen LogP contribution in [0, 0.1) is 5.92 Å². The zero-order valence-electron chi connectivity index (χ0n) is 16.6. The minimum atomic E-state index is -0.573. The number of aromatic hydroxyl groups is 4. The van der Waals surface area contributed by atoms with E-state index in [0.29, 0.717) is 18.4 Å². The van der Waals surface area contributed by atoms with Crippen LogP contribution in [0.5, 0.6) is 23.0 Å². The Morgan fingerprint density at radius 2 is 1.76 bits per heavy atom. The van der Waals surface area contributed by atoms with Crippen LogP contribution < -0.4 is 5.43 Å². The van der Waals surface area contributed by atoms with Gasteiger partial charge in [0.15, 0.2) is 11.3 Å². The Morgan fingerprint density at radius 1 is 1.07 bits per heavy atom. The molecule has 0 bridgehead atoms. The fraction of sp³-hybridized carbons (Fsp3) is 0.261. The van der Waals surface area contributed by atoms with Crippen LogP contribution in [0.4, 0.5) is 0 Å². The zero-order valence-corrected chi connectivity index (χ0v) is 16.6. The molecular formula is C23H24O6. The smallest absolute Gasteiger partial charge is 0.204 e. The maximum atomic E-state index is 12.9. The predicted octanol–water partition coefficient (Wildman–Crippen LogP) is 4.86. The Labute approximate surface area is 167 Å². The molecule has 0 spiro atoms. The van der Waals surface area contributed by atoms with Crippen LogP contribution in [0.15, 0.2) is 51.2 Å². The molecule has 2 aromatic carbocycles. The van der Waals surface area contributed by atoms with Crippen molar-refractivity contribution in [3.05, 3.63) is 57.8 Å². The van der Waals surface area contributed by atoms with Gasteiger partial charge in [0, 0.05) is 11.6 Å². The minimum Gasteiger partial charge on any atom is -0.507 e. The second-order valence-electron chi connectivity index (χ2n) is 7.60. The topological polar surface area (TPSA) is 111 Å². The monoisotopic (exact) mass is 396 g/mol. The molecule has 0 aliphatic carbocycles. The van der Waals surface area contributed by atoms with Gasteiger partial charge >= 0.3 is 0 Å². The predicted molar refractivity (Wildman–Crippen MR) is 113 cm³/mol. The van der Waals surface area contributed by atoms with E-state index in [1.807, 2.05) is 20.8 Å². The lowest BCUT2D eigenvalue weighted by molar-refractivity contribution is 0.400. The quantitative estimate of drug-likeness (QED) is 0.278. The van der Waals surface area contributed by atoms with Crippen LogP contribution in [0.2, 0.25) is 0 Å². The molecule has 1 atom stereocenters. The molecule has 3 aromatic rings. The first kappa shape index (κ1) is 20.3. The molecule has 6 heteroatoms. The van der Waals surface area contributed by atoms with Gasteiger partial charge in [-0.15, -0.1) is 0 Å². The molecule has 0 amide bonds. The maximum absolute atomic E-state index is 12.9. The second kappa shape index (κ2) is 7.54. The first-order valence-electron chi connectivity index (χ1n) is 9.25. The molecule has 0 fully saturated rings. The highest BCUT2D eigenvalue weighted by atomic mass is 16.4. The molecule has 6 nitrogen and oxygen atoms in total. The number of hydrogen-bond donors (Lipinski definition) is 4. The van der Waals surface area contributed by atoms with Gasteiger partial charge in [-0.05, 0) is 51.7 Å². The number of rotatable bonds is 5. The zero-order chi connectivity index (χ0) is 21.5. The summed E-state index contributed by atoms with van der Waals surface area (Å²) >= 11 is 0. The fourth-order valence-corrected chi connectivity index (χ4v) is 3.36. The number of allylic oxidation sites excluding steroid dienone is 3. The van der Waals surface area contributed by atoms with Crippen molar-refractivity contribution in [1.82, 2.24) is 0 Å². The van der Waals surface area contributed by atoms with E-state index in [1.165, 1.54) is 12.1 Å². The van der Waals surface area contributed by atoms with Crippen molar-refractivity contribution in [2.75, 3.05) is 0 Å². The lowest BCUT2D eigenvalue weighted by Crippen LogP contribution is -2.09. The third-order valence-electron chi connectivity index (χ3n) is 5.08. The van der Waals surface area contributed by atoms with E-state index in [4.69, 9.17) is 4.42 Å². The number of fused-ring (bicyclic) bond motifs is 2. The summed E-state index contributed by atoms with van der Waals surface area (Å²) in [6.07, 6.45) is 3.06. The summed E-state index contributed by atoms with van der Waals surface area (Å²) in [5.41, 5.74) is 1.58. The molecule has 1 aromatic heterocycles. The summed E-state index contributed by atoms with van der Waals surface area (Å²) in [6, 6.07) is 3.61. The molecule has 152 valence electrons. The van der Waals surface area contributed by atoms with E-state index < -0.39 is 22.7 Å². The molecule has 1 heterocycles. The highest BCUT2D eigenvalue weighted by Crippen LogP contribution is 2.40. The average Bonchev–Trinajstić information content (AvgIpc) is 2.63. The molecule has 0 aliphatic heterocycles. The van der Waals surface area contributed by atoms with Crippen molar-refractivity contribution in [2.45, 2.75) is 33.6 Å². The Morgan fingerprint density at radius 3 is 2.38 bits per heavy atom. The van der Waals surface area contributed by atoms with E-state index >= 15 is 0 Å². The summed E-state index contributed by atoms with van der Waals surface area (Å²) in [7, 11) is 0.